The van der Waals surface area contributed by atoms with Gasteiger partial charge in [0.1, 0.15) is 5.82 Å². The number of aryl methyl sites for hydroxylation is 1. The van der Waals surface area contributed by atoms with Gasteiger partial charge >= 0.3 is 0 Å². The third kappa shape index (κ3) is 3.51. The molecule has 0 spiro atoms. The number of rotatable bonds is 2. The highest BCUT2D eigenvalue weighted by Gasteiger charge is 2.27. The molecule has 0 radical (unpaired) electrons. The Morgan fingerprint density at radius 1 is 1.30 bits per heavy atom. The first-order valence-corrected chi connectivity index (χ1v) is 7.82. The Bertz CT molecular complexity index is 448. The zero-order chi connectivity index (χ0) is 14.8. The van der Waals surface area contributed by atoms with Crippen molar-refractivity contribution < 1.29 is 0 Å². The fourth-order valence-corrected chi connectivity index (χ4v) is 3.24. The summed E-state index contributed by atoms with van der Waals surface area (Å²) in [6.45, 7) is 12.1. The molecule has 0 saturated carbocycles. The zero-order valence-corrected chi connectivity index (χ0v) is 13.4. The number of nitrogens with zero attached hydrogens (tertiary/aromatic N) is 2. The van der Waals surface area contributed by atoms with Crippen molar-refractivity contribution in [3.05, 3.63) is 23.4 Å². The van der Waals surface area contributed by atoms with Crippen LogP contribution in [0.5, 0.6) is 0 Å². The van der Waals surface area contributed by atoms with Gasteiger partial charge < -0.3 is 10.6 Å². The van der Waals surface area contributed by atoms with Gasteiger partial charge in [0, 0.05) is 25.8 Å². The van der Waals surface area contributed by atoms with Crippen molar-refractivity contribution >= 4 is 5.82 Å². The highest BCUT2D eigenvalue weighted by molar-refractivity contribution is 5.47. The monoisotopic (exact) mass is 275 g/mol. The normalized spacial score (nSPS) is 20.9. The minimum atomic E-state index is 0.419. The molecule has 3 heteroatoms. The second-order valence-electron chi connectivity index (χ2n) is 7.17. The summed E-state index contributed by atoms with van der Waals surface area (Å²) < 4.78 is 0. The number of aromatic nitrogens is 1. The van der Waals surface area contributed by atoms with Crippen LogP contribution in [0.2, 0.25) is 0 Å². The molecule has 1 unspecified atom stereocenters. The second kappa shape index (κ2) is 6.13. The van der Waals surface area contributed by atoms with Crippen molar-refractivity contribution in [1.29, 1.82) is 0 Å². The standard InChI is InChI=1S/C17H29N3/c1-13-10-14(11-18)12-19-16(13)20-8-5-6-15(7-9-20)17(2,3)4/h10,12,15H,5-9,11,18H2,1-4H3. The predicted octanol–water partition coefficient (Wildman–Crippen LogP) is 3.50. The van der Waals surface area contributed by atoms with Gasteiger partial charge in [-0.05, 0) is 54.7 Å². The van der Waals surface area contributed by atoms with Crippen LogP contribution in [0.25, 0.3) is 0 Å². The van der Waals surface area contributed by atoms with E-state index >= 15 is 0 Å². The van der Waals surface area contributed by atoms with Gasteiger partial charge in [-0.3, -0.25) is 0 Å². The van der Waals surface area contributed by atoms with E-state index in [1.165, 1.54) is 24.8 Å². The summed E-state index contributed by atoms with van der Waals surface area (Å²) in [5, 5.41) is 0. The highest BCUT2D eigenvalue weighted by atomic mass is 15.2. The average molecular weight is 275 g/mol. The quantitative estimate of drug-likeness (QED) is 0.898. The van der Waals surface area contributed by atoms with Gasteiger partial charge in [0.2, 0.25) is 0 Å². The lowest BCUT2D eigenvalue weighted by atomic mass is 9.77. The third-order valence-corrected chi connectivity index (χ3v) is 4.60. The van der Waals surface area contributed by atoms with E-state index in [1.54, 1.807) is 0 Å². The van der Waals surface area contributed by atoms with Gasteiger partial charge in [0.25, 0.3) is 0 Å². The smallest absolute Gasteiger partial charge is 0.131 e. The van der Waals surface area contributed by atoms with Gasteiger partial charge in [-0.25, -0.2) is 4.98 Å². The Morgan fingerprint density at radius 3 is 2.65 bits per heavy atom. The Hall–Kier alpha value is -1.09. The molecule has 0 aliphatic carbocycles. The maximum absolute atomic E-state index is 5.68. The first-order chi connectivity index (χ1) is 9.41. The van der Waals surface area contributed by atoms with E-state index in [1.807, 2.05) is 6.20 Å². The molecule has 0 aromatic carbocycles. The van der Waals surface area contributed by atoms with Crippen LogP contribution < -0.4 is 10.6 Å². The molecule has 3 nitrogen and oxygen atoms in total. The molecule has 20 heavy (non-hydrogen) atoms. The molecular formula is C17H29N3. The molecule has 112 valence electrons. The lowest BCUT2D eigenvalue weighted by Crippen LogP contribution is -2.27. The van der Waals surface area contributed by atoms with Crippen molar-refractivity contribution in [3.8, 4) is 0 Å². The van der Waals surface area contributed by atoms with Crippen LogP contribution in [-0.2, 0) is 6.54 Å². The summed E-state index contributed by atoms with van der Waals surface area (Å²) >= 11 is 0. The van der Waals surface area contributed by atoms with E-state index in [9.17, 15) is 0 Å². The maximum atomic E-state index is 5.68. The lowest BCUT2D eigenvalue weighted by molar-refractivity contribution is 0.220. The van der Waals surface area contributed by atoms with Crippen LogP contribution in [0.15, 0.2) is 12.3 Å². The van der Waals surface area contributed by atoms with Crippen LogP contribution in [0, 0.1) is 18.3 Å². The molecule has 0 bridgehead atoms. The molecular weight excluding hydrogens is 246 g/mol. The molecule has 2 rings (SSSR count). The third-order valence-electron chi connectivity index (χ3n) is 4.60. The Labute approximate surface area is 123 Å². The molecule has 1 saturated heterocycles. The largest absolute Gasteiger partial charge is 0.356 e. The zero-order valence-electron chi connectivity index (χ0n) is 13.4. The number of hydrogen-bond acceptors (Lipinski definition) is 3. The van der Waals surface area contributed by atoms with Gasteiger partial charge in [-0.1, -0.05) is 20.8 Å². The fraction of sp³-hybridized carbons (Fsp3) is 0.706. The van der Waals surface area contributed by atoms with Crippen molar-refractivity contribution in [3.63, 3.8) is 0 Å². The number of anilines is 1. The molecule has 1 aliphatic heterocycles. The SMILES string of the molecule is Cc1cc(CN)cnc1N1CCCC(C(C)(C)C)CC1. The van der Waals surface area contributed by atoms with Gasteiger partial charge in [0.05, 0.1) is 0 Å². The van der Waals surface area contributed by atoms with E-state index in [2.05, 4.69) is 43.6 Å². The van der Waals surface area contributed by atoms with Crippen molar-refractivity contribution in [2.24, 2.45) is 17.1 Å². The highest BCUT2D eigenvalue weighted by Crippen LogP contribution is 2.35. The molecule has 0 amide bonds. The second-order valence-corrected chi connectivity index (χ2v) is 7.17. The molecule has 1 fully saturated rings. The fourth-order valence-electron chi connectivity index (χ4n) is 3.24. The predicted molar refractivity (Wildman–Crippen MR) is 85.9 cm³/mol. The van der Waals surface area contributed by atoms with Crippen LogP contribution in [0.3, 0.4) is 0 Å². The average Bonchev–Trinajstić information content (AvgIpc) is 2.63. The summed E-state index contributed by atoms with van der Waals surface area (Å²) in [6, 6.07) is 2.18. The van der Waals surface area contributed by atoms with Crippen molar-refractivity contribution in [1.82, 2.24) is 4.98 Å². The molecule has 1 aliphatic rings. The first kappa shape index (κ1) is 15.3. The summed E-state index contributed by atoms with van der Waals surface area (Å²) in [4.78, 5) is 7.11. The first-order valence-electron chi connectivity index (χ1n) is 7.82. The van der Waals surface area contributed by atoms with Crippen LogP contribution in [0.4, 0.5) is 5.82 Å². The minimum absolute atomic E-state index is 0.419. The van der Waals surface area contributed by atoms with E-state index < -0.39 is 0 Å². The Kier molecular flexibility index (Phi) is 4.69. The summed E-state index contributed by atoms with van der Waals surface area (Å²) in [5.41, 5.74) is 8.47. The number of hydrogen-bond donors (Lipinski definition) is 1. The molecule has 1 aromatic rings. The van der Waals surface area contributed by atoms with E-state index in [-0.39, 0.29) is 0 Å². The number of pyridine rings is 1. The maximum Gasteiger partial charge on any atom is 0.131 e. The Balaban J connectivity index is 2.11. The Morgan fingerprint density at radius 2 is 2.05 bits per heavy atom. The van der Waals surface area contributed by atoms with Crippen LogP contribution in [-0.4, -0.2) is 18.1 Å². The number of nitrogens with two attached hydrogens (primary N) is 1. The van der Waals surface area contributed by atoms with Crippen molar-refractivity contribution in [2.45, 2.75) is 53.5 Å². The molecule has 1 atom stereocenters. The van der Waals surface area contributed by atoms with E-state index in [0.717, 1.165) is 30.4 Å². The molecule has 2 heterocycles. The van der Waals surface area contributed by atoms with Crippen molar-refractivity contribution in [2.75, 3.05) is 18.0 Å². The van der Waals surface area contributed by atoms with Gasteiger partial charge in [0.15, 0.2) is 0 Å². The summed E-state index contributed by atoms with van der Waals surface area (Å²) in [6.07, 6.45) is 5.79. The topological polar surface area (TPSA) is 42.1 Å². The van der Waals surface area contributed by atoms with Crippen LogP contribution in [0.1, 0.15) is 51.2 Å². The summed E-state index contributed by atoms with van der Waals surface area (Å²) in [7, 11) is 0. The lowest BCUT2D eigenvalue weighted by Gasteiger charge is -2.30. The van der Waals surface area contributed by atoms with Gasteiger partial charge in [-0.15, -0.1) is 0 Å². The van der Waals surface area contributed by atoms with Gasteiger partial charge in [-0.2, -0.15) is 0 Å². The van der Waals surface area contributed by atoms with Crippen LogP contribution >= 0.6 is 0 Å². The van der Waals surface area contributed by atoms with E-state index in [0.29, 0.717) is 12.0 Å². The molecule has 1 aromatic heterocycles. The molecule has 2 N–H and O–H groups in total. The summed E-state index contributed by atoms with van der Waals surface area (Å²) in [5.74, 6) is 1.97. The minimum Gasteiger partial charge on any atom is -0.356 e. The van der Waals surface area contributed by atoms with E-state index in [4.69, 9.17) is 5.73 Å².